The highest BCUT2D eigenvalue weighted by Gasteiger charge is 2.35. The Morgan fingerprint density at radius 3 is 2.36 bits per heavy atom. The van der Waals surface area contributed by atoms with Gasteiger partial charge in [-0.3, -0.25) is 4.90 Å². The van der Waals surface area contributed by atoms with Gasteiger partial charge in [0.05, 0.1) is 13.2 Å². The lowest BCUT2D eigenvalue weighted by Crippen LogP contribution is -2.41. The lowest BCUT2D eigenvalue weighted by atomic mass is 10.1. The van der Waals surface area contributed by atoms with Gasteiger partial charge in [-0.2, -0.15) is 0 Å². The summed E-state index contributed by atoms with van der Waals surface area (Å²) in [6, 6.07) is -0.455. The van der Waals surface area contributed by atoms with E-state index in [0.717, 1.165) is 19.3 Å². The van der Waals surface area contributed by atoms with Crippen LogP contribution in [0, 0.1) is 0 Å². The number of ether oxygens (including phenoxy) is 2. The zero-order valence-electron chi connectivity index (χ0n) is 14.1. The molecule has 0 aromatic carbocycles. The van der Waals surface area contributed by atoms with Gasteiger partial charge in [0.1, 0.15) is 6.04 Å². The summed E-state index contributed by atoms with van der Waals surface area (Å²) in [5, 5.41) is 0. The highest BCUT2D eigenvalue weighted by Crippen LogP contribution is 2.19. The van der Waals surface area contributed by atoms with Crippen molar-refractivity contribution in [3.63, 3.8) is 0 Å². The first kappa shape index (κ1) is 18.8. The highest BCUT2D eigenvalue weighted by molar-refractivity contribution is 5.82. The van der Waals surface area contributed by atoms with Gasteiger partial charge in [0, 0.05) is 6.54 Å². The topological polar surface area (TPSA) is 55.8 Å². The number of hydrogen-bond acceptors (Lipinski definition) is 4. The SMILES string of the molecule is CCCCCCCCCOC(=O)[C@@H]1CCCN1C(=O)OCC. The third kappa shape index (κ3) is 6.67. The Labute approximate surface area is 134 Å². The van der Waals surface area contributed by atoms with Crippen LogP contribution in [0.5, 0.6) is 0 Å². The Morgan fingerprint density at radius 2 is 1.68 bits per heavy atom. The normalized spacial score (nSPS) is 17.5. The Bertz CT molecular complexity index is 333. The number of carbonyl (C=O) groups excluding carboxylic acids is 2. The summed E-state index contributed by atoms with van der Waals surface area (Å²) in [6.07, 6.45) is 9.44. The van der Waals surface area contributed by atoms with Crippen LogP contribution >= 0.6 is 0 Å². The number of rotatable bonds is 10. The third-order valence-electron chi connectivity index (χ3n) is 4.02. The summed E-state index contributed by atoms with van der Waals surface area (Å²) in [5.74, 6) is -0.281. The van der Waals surface area contributed by atoms with Crippen molar-refractivity contribution in [1.29, 1.82) is 0 Å². The first-order chi connectivity index (χ1) is 10.7. The van der Waals surface area contributed by atoms with Crippen LogP contribution in [0.2, 0.25) is 0 Å². The lowest BCUT2D eigenvalue weighted by molar-refractivity contribution is -0.148. The number of unbranched alkanes of at least 4 members (excludes halogenated alkanes) is 6. The van der Waals surface area contributed by atoms with Crippen molar-refractivity contribution in [2.75, 3.05) is 19.8 Å². The van der Waals surface area contributed by atoms with Crippen LogP contribution in [0.1, 0.15) is 71.6 Å². The molecular formula is C17H31NO4. The van der Waals surface area contributed by atoms with Crippen molar-refractivity contribution in [2.45, 2.75) is 77.7 Å². The maximum absolute atomic E-state index is 12.1. The molecule has 1 aliphatic rings. The fourth-order valence-corrected chi connectivity index (χ4v) is 2.76. The van der Waals surface area contributed by atoms with Crippen LogP contribution in [-0.4, -0.2) is 42.8 Å². The summed E-state index contributed by atoms with van der Waals surface area (Å²) in [7, 11) is 0. The zero-order chi connectivity index (χ0) is 16.2. The summed E-state index contributed by atoms with van der Waals surface area (Å²) in [5.41, 5.74) is 0. The minimum absolute atomic E-state index is 0.281. The molecule has 1 rings (SSSR count). The number of hydrogen-bond donors (Lipinski definition) is 0. The molecule has 5 nitrogen and oxygen atoms in total. The van der Waals surface area contributed by atoms with Gasteiger partial charge in [0.25, 0.3) is 0 Å². The van der Waals surface area contributed by atoms with Gasteiger partial charge in [-0.1, -0.05) is 45.4 Å². The lowest BCUT2D eigenvalue weighted by Gasteiger charge is -2.22. The minimum Gasteiger partial charge on any atom is -0.464 e. The first-order valence-corrected chi connectivity index (χ1v) is 8.80. The molecule has 1 atom stereocenters. The molecule has 0 saturated carbocycles. The number of likely N-dealkylation sites (tertiary alicyclic amines) is 1. The summed E-state index contributed by atoms with van der Waals surface area (Å²) in [4.78, 5) is 25.3. The number of amides is 1. The quantitative estimate of drug-likeness (QED) is 0.453. The largest absolute Gasteiger partial charge is 0.464 e. The van der Waals surface area contributed by atoms with Gasteiger partial charge in [-0.05, 0) is 26.2 Å². The highest BCUT2D eigenvalue weighted by atomic mass is 16.6. The maximum Gasteiger partial charge on any atom is 0.410 e. The average Bonchev–Trinajstić information content (AvgIpc) is 2.99. The van der Waals surface area contributed by atoms with E-state index < -0.39 is 12.1 Å². The van der Waals surface area contributed by atoms with Crippen molar-refractivity contribution < 1.29 is 19.1 Å². The van der Waals surface area contributed by atoms with Crippen LogP contribution in [-0.2, 0) is 14.3 Å². The van der Waals surface area contributed by atoms with Crippen molar-refractivity contribution >= 4 is 12.1 Å². The predicted octanol–water partition coefficient (Wildman–Crippen LogP) is 3.90. The van der Waals surface area contributed by atoms with E-state index in [1.54, 1.807) is 6.92 Å². The van der Waals surface area contributed by atoms with Gasteiger partial charge in [0.15, 0.2) is 0 Å². The second-order valence-electron chi connectivity index (χ2n) is 5.84. The van der Waals surface area contributed by atoms with Crippen LogP contribution in [0.4, 0.5) is 4.79 Å². The molecule has 0 bridgehead atoms. The fourth-order valence-electron chi connectivity index (χ4n) is 2.76. The molecule has 1 heterocycles. The van der Waals surface area contributed by atoms with Gasteiger partial charge in [0.2, 0.25) is 0 Å². The third-order valence-corrected chi connectivity index (χ3v) is 4.02. The molecule has 1 fully saturated rings. The Morgan fingerprint density at radius 1 is 1.00 bits per heavy atom. The van der Waals surface area contributed by atoms with Crippen LogP contribution in [0.3, 0.4) is 0 Å². The number of carbonyl (C=O) groups is 2. The molecule has 22 heavy (non-hydrogen) atoms. The first-order valence-electron chi connectivity index (χ1n) is 8.80. The van der Waals surface area contributed by atoms with Crippen LogP contribution < -0.4 is 0 Å². The molecule has 0 N–H and O–H groups in total. The summed E-state index contributed by atoms with van der Waals surface area (Å²) in [6.45, 7) is 5.34. The Balaban J connectivity index is 2.15. The minimum atomic E-state index is -0.455. The average molecular weight is 313 g/mol. The van der Waals surface area contributed by atoms with Gasteiger partial charge < -0.3 is 9.47 Å². The molecule has 0 aromatic heterocycles. The standard InChI is InChI=1S/C17H31NO4/c1-3-5-6-7-8-9-10-14-22-16(19)15-12-11-13-18(15)17(20)21-4-2/h15H,3-14H2,1-2H3/t15-/m0/s1. The summed E-state index contributed by atoms with van der Waals surface area (Å²) >= 11 is 0. The van der Waals surface area contributed by atoms with Crippen molar-refractivity contribution in [3.8, 4) is 0 Å². The van der Waals surface area contributed by atoms with E-state index >= 15 is 0 Å². The van der Waals surface area contributed by atoms with Crippen molar-refractivity contribution in [3.05, 3.63) is 0 Å². The molecule has 0 aliphatic carbocycles. The van der Waals surface area contributed by atoms with Gasteiger partial charge in [-0.25, -0.2) is 9.59 Å². The van der Waals surface area contributed by atoms with Crippen molar-refractivity contribution in [1.82, 2.24) is 4.90 Å². The zero-order valence-corrected chi connectivity index (χ0v) is 14.1. The molecule has 5 heteroatoms. The van der Waals surface area contributed by atoms with Crippen molar-refractivity contribution in [2.24, 2.45) is 0 Å². The van der Waals surface area contributed by atoms with Gasteiger partial charge >= 0.3 is 12.1 Å². The molecule has 0 aromatic rings. The van der Waals surface area contributed by atoms with E-state index in [-0.39, 0.29) is 5.97 Å². The molecular weight excluding hydrogens is 282 g/mol. The van der Waals surface area contributed by atoms with Gasteiger partial charge in [-0.15, -0.1) is 0 Å². The van der Waals surface area contributed by atoms with E-state index in [1.807, 2.05) is 0 Å². The monoisotopic (exact) mass is 313 g/mol. The second-order valence-corrected chi connectivity index (χ2v) is 5.84. The Kier molecular flexibility index (Phi) is 9.67. The molecule has 0 spiro atoms. The second kappa shape index (κ2) is 11.3. The fraction of sp³-hybridized carbons (Fsp3) is 0.882. The molecule has 1 aliphatic heterocycles. The molecule has 128 valence electrons. The number of esters is 1. The molecule has 0 unspecified atom stereocenters. The molecule has 0 radical (unpaired) electrons. The smallest absolute Gasteiger partial charge is 0.410 e. The molecule has 1 saturated heterocycles. The van der Waals surface area contributed by atoms with Crippen LogP contribution in [0.15, 0.2) is 0 Å². The van der Waals surface area contributed by atoms with E-state index in [0.29, 0.717) is 26.2 Å². The van der Waals surface area contributed by atoms with E-state index in [2.05, 4.69) is 6.92 Å². The van der Waals surface area contributed by atoms with Crippen LogP contribution in [0.25, 0.3) is 0 Å². The number of nitrogens with zero attached hydrogens (tertiary/aromatic N) is 1. The predicted molar refractivity (Wildman–Crippen MR) is 85.7 cm³/mol. The van der Waals surface area contributed by atoms with E-state index in [1.165, 1.54) is 37.0 Å². The Hall–Kier alpha value is -1.26. The van der Waals surface area contributed by atoms with E-state index in [9.17, 15) is 9.59 Å². The molecule has 1 amide bonds. The van der Waals surface area contributed by atoms with E-state index in [4.69, 9.17) is 9.47 Å². The maximum atomic E-state index is 12.1. The summed E-state index contributed by atoms with van der Waals surface area (Å²) < 4.78 is 10.3.